The third-order valence-electron chi connectivity index (χ3n) is 2.54. The van der Waals surface area contributed by atoms with Crippen LogP contribution in [0.3, 0.4) is 0 Å². The minimum absolute atomic E-state index is 0.0267. The SMILES string of the molecule is COC(=O)C1CCC(C)CC1Cl. The molecule has 0 heterocycles. The van der Waals surface area contributed by atoms with Crippen LogP contribution in [0, 0.1) is 11.8 Å². The highest BCUT2D eigenvalue weighted by atomic mass is 35.5. The first kappa shape index (κ1) is 9.85. The molecule has 0 spiro atoms. The lowest BCUT2D eigenvalue weighted by Crippen LogP contribution is -2.31. The molecule has 0 bridgehead atoms. The van der Waals surface area contributed by atoms with Crippen LogP contribution >= 0.6 is 11.6 Å². The van der Waals surface area contributed by atoms with Crippen molar-refractivity contribution in [2.75, 3.05) is 7.11 Å². The van der Waals surface area contributed by atoms with E-state index in [9.17, 15) is 4.79 Å². The second kappa shape index (κ2) is 4.13. The van der Waals surface area contributed by atoms with Crippen molar-refractivity contribution in [3.63, 3.8) is 0 Å². The molecule has 0 aromatic carbocycles. The molecule has 0 N–H and O–H groups in total. The number of rotatable bonds is 1. The van der Waals surface area contributed by atoms with Crippen LogP contribution in [-0.2, 0) is 9.53 Å². The van der Waals surface area contributed by atoms with E-state index < -0.39 is 0 Å². The number of hydrogen-bond acceptors (Lipinski definition) is 2. The van der Waals surface area contributed by atoms with Crippen LogP contribution in [0.15, 0.2) is 0 Å². The Morgan fingerprint density at radius 3 is 2.67 bits per heavy atom. The van der Waals surface area contributed by atoms with Crippen molar-refractivity contribution in [3.05, 3.63) is 0 Å². The standard InChI is InChI=1S/C9H15ClO2/c1-6-3-4-7(8(10)5-6)9(11)12-2/h6-8H,3-5H2,1-2H3. The predicted molar refractivity (Wildman–Crippen MR) is 48.2 cm³/mol. The highest BCUT2D eigenvalue weighted by Crippen LogP contribution is 2.32. The van der Waals surface area contributed by atoms with Crippen LogP contribution in [-0.4, -0.2) is 18.5 Å². The van der Waals surface area contributed by atoms with Crippen molar-refractivity contribution in [2.24, 2.45) is 11.8 Å². The zero-order chi connectivity index (χ0) is 9.14. The second-order valence-electron chi connectivity index (χ2n) is 3.56. The van der Waals surface area contributed by atoms with Crippen LogP contribution in [0.4, 0.5) is 0 Å². The molecule has 2 nitrogen and oxygen atoms in total. The van der Waals surface area contributed by atoms with Gasteiger partial charge in [0.1, 0.15) is 0 Å². The van der Waals surface area contributed by atoms with Gasteiger partial charge in [-0.3, -0.25) is 4.79 Å². The minimum Gasteiger partial charge on any atom is -0.469 e. The van der Waals surface area contributed by atoms with Crippen molar-refractivity contribution in [1.82, 2.24) is 0 Å². The number of carbonyl (C=O) groups is 1. The average Bonchev–Trinajstić information content (AvgIpc) is 2.03. The van der Waals surface area contributed by atoms with Gasteiger partial charge in [-0.1, -0.05) is 6.92 Å². The highest BCUT2D eigenvalue weighted by molar-refractivity contribution is 6.22. The Hall–Kier alpha value is -0.240. The summed E-state index contributed by atoms with van der Waals surface area (Å²) in [7, 11) is 1.42. The summed E-state index contributed by atoms with van der Waals surface area (Å²) in [5.74, 6) is 0.420. The lowest BCUT2D eigenvalue weighted by Gasteiger charge is -2.28. The van der Waals surface area contributed by atoms with Gasteiger partial charge < -0.3 is 4.74 Å². The Kier molecular flexibility index (Phi) is 3.39. The third kappa shape index (κ3) is 2.13. The molecule has 1 rings (SSSR count). The normalized spacial score (nSPS) is 36.1. The van der Waals surface area contributed by atoms with Gasteiger partial charge in [-0.25, -0.2) is 0 Å². The van der Waals surface area contributed by atoms with Crippen LogP contribution in [0.25, 0.3) is 0 Å². The number of esters is 1. The van der Waals surface area contributed by atoms with Crippen LogP contribution in [0.5, 0.6) is 0 Å². The van der Waals surface area contributed by atoms with E-state index in [1.807, 2.05) is 0 Å². The van der Waals surface area contributed by atoms with Gasteiger partial charge in [-0.2, -0.15) is 0 Å². The monoisotopic (exact) mass is 190 g/mol. The Balaban J connectivity index is 2.50. The van der Waals surface area contributed by atoms with Crippen molar-refractivity contribution in [3.8, 4) is 0 Å². The maximum atomic E-state index is 11.2. The van der Waals surface area contributed by atoms with Gasteiger partial charge in [-0.15, -0.1) is 11.6 Å². The van der Waals surface area contributed by atoms with Gasteiger partial charge in [0.2, 0.25) is 0 Å². The fraction of sp³-hybridized carbons (Fsp3) is 0.889. The molecule has 3 heteroatoms. The summed E-state index contributed by atoms with van der Waals surface area (Å²) in [4.78, 5) is 11.2. The molecule has 70 valence electrons. The number of halogens is 1. The summed E-state index contributed by atoms with van der Waals surface area (Å²) in [5, 5.41) is -0.0267. The van der Waals surface area contributed by atoms with Crippen LogP contribution in [0.2, 0.25) is 0 Å². The van der Waals surface area contributed by atoms with Crippen molar-refractivity contribution < 1.29 is 9.53 Å². The lowest BCUT2D eigenvalue weighted by molar-refractivity contribution is -0.146. The summed E-state index contributed by atoms with van der Waals surface area (Å²) in [6.45, 7) is 2.17. The van der Waals surface area contributed by atoms with E-state index in [-0.39, 0.29) is 17.3 Å². The molecular formula is C9H15ClO2. The molecule has 0 aliphatic heterocycles. The van der Waals surface area contributed by atoms with Crippen molar-refractivity contribution >= 4 is 17.6 Å². The van der Waals surface area contributed by atoms with E-state index in [2.05, 4.69) is 11.7 Å². The first-order valence-electron chi connectivity index (χ1n) is 4.37. The van der Waals surface area contributed by atoms with Crippen LogP contribution in [0.1, 0.15) is 26.2 Å². The molecule has 1 aliphatic rings. The van der Waals surface area contributed by atoms with Crippen molar-refractivity contribution in [2.45, 2.75) is 31.6 Å². The fourth-order valence-corrected chi connectivity index (χ4v) is 2.26. The number of carbonyl (C=O) groups excluding carboxylic acids is 1. The Morgan fingerprint density at radius 2 is 2.17 bits per heavy atom. The third-order valence-corrected chi connectivity index (χ3v) is 3.02. The summed E-state index contributed by atoms with van der Waals surface area (Å²) in [6.07, 6.45) is 2.90. The lowest BCUT2D eigenvalue weighted by atomic mass is 9.82. The van der Waals surface area contributed by atoms with E-state index in [0.29, 0.717) is 5.92 Å². The summed E-state index contributed by atoms with van der Waals surface area (Å²) < 4.78 is 4.67. The van der Waals surface area contributed by atoms with Gasteiger partial charge >= 0.3 is 5.97 Å². The molecule has 3 unspecified atom stereocenters. The zero-order valence-electron chi connectivity index (χ0n) is 7.55. The first-order chi connectivity index (χ1) is 5.65. The predicted octanol–water partition coefficient (Wildman–Crippen LogP) is 2.20. The Morgan fingerprint density at radius 1 is 1.50 bits per heavy atom. The van der Waals surface area contributed by atoms with E-state index in [1.165, 1.54) is 7.11 Å². The maximum Gasteiger partial charge on any atom is 0.310 e. The van der Waals surface area contributed by atoms with Crippen LogP contribution < -0.4 is 0 Å². The maximum absolute atomic E-state index is 11.2. The second-order valence-corrected chi connectivity index (χ2v) is 4.12. The number of hydrogen-bond donors (Lipinski definition) is 0. The Bertz CT molecular complexity index is 170. The molecule has 0 radical (unpaired) electrons. The van der Waals surface area contributed by atoms with E-state index in [1.54, 1.807) is 0 Å². The summed E-state index contributed by atoms with van der Waals surface area (Å²) in [5.41, 5.74) is 0. The molecule has 3 atom stereocenters. The molecule has 12 heavy (non-hydrogen) atoms. The molecule has 0 saturated heterocycles. The topological polar surface area (TPSA) is 26.3 Å². The van der Waals surface area contributed by atoms with E-state index >= 15 is 0 Å². The summed E-state index contributed by atoms with van der Waals surface area (Å²) in [6, 6.07) is 0. The van der Waals surface area contributed by atoms with Gasteiger partial charge in [-0.05, 0) is 25.2 Å². The minimum atomic E-state index is -0.151. The van der Waals surface area contributed by atoms with Gasteiger partial charge in [0.05, 0.1) is 13.0 Å². The first-order valence-corrected chi connectivity index (χ1v) is 4.80. The van der Waals surface area contributed by atoms with Gasteiger partial charge in [0.15, 0.2) is 0 Å². The molecule has 0 amide bonds. The van der Waals surface area contributed by atoms with Gasteiger partial charge in [0, 0.05) is 5.38 Å². The molecule has 1 aliphatic carbocycles. The average molecular weight is 191 g/mol. The van der Waals surface area contributed by atoms with E-state index in [0.717, 1.165) is 19.3 Å². The molecular weight excluding hydrogens is 176 g/mol. The number of methoxy groups -OCH3 is 1. The largest absolute Gasteiger partial charge is 0.469 e. The highest BCUT2D eigenvalue weighted by Gasteiger charge is 2.32. The smallest absolute Gasteiger partial charge is 0.310 e. The Labute approximate surface area is 78.2 Å². The molecule has 0 aromatic rings. The summed E-state index contributed by atoms with van der Waals surface area (Å²) >= 11 is 6.05. The molecule has 1 fully saturated rings. The number of alkyl halides is 1. The fourth-order valence-electron chi connectivity index (χ4n) is 1.73. The zero-order valence-corrected chi connectivity index (χ0v) is 8.30. The quantitative estimate of drug-likeness (QED) is 0.468. The van der Waals surface area contributed by atoms with E-state index in [4.69, 9.17) is 11.6 Å². The molecule has 0 aromatic heterocycles. The molecule has 1 saturated carbocycles. The van der Waals surface area contributed by atoms with Crippen molar-refractivity contribution in [1.29, 1.82) is 0 Å². The number of ether oxygens (including phenoxy) is 1. The van der Waals surface area contributed by atoms with Gasteiger partial charge in [0.25, 0.3) is 0 Å².